The SMILES string of the molecule is C=CCCCCCCCCC(=O)[O-].CC1(C)CC([NH3+])CC(C)(C)N1. The average Bonchev–Trinajstić information content (AvgIpc) is 2.38. The molecular formula is C20H40N2O2. The van der Waals surface area contributed by atoms with Crippen LogP contribution in [0.1, 0.15) is 91.9 Å². The van der Waals surface area contributed by atoms with E-state index in [1.54, 1.807) is 0 Å². The standard InChI is InChI=1S/C11H20O2.C9H20N2/c1-2-3-4-5-6-7-8-9-10-11(12)13;1-8(2)5-7(10)6-9(3,4)11-8/h2H,1,3-10H2,(H,12,13);7,11H,5-6,10H2,1-4H3. The van der Waals surface area contributed by atoms with Crippen LogP contribution in [0.25, 0.3) is 0 Å². The van der Waals surface area contributed by atoms with E-state index in [0.717, 1.165) is 25.7 Å². The first-order valence-electron chi connectivity index (χ1n) is 9.51. The third-order valence-corrected chi connectivity index (χ3v) is 4.31. The zero-order valence-electron chi connectivity index (χ0n) is 16.5. The van der Waals surface area contributed by atoms with Gasteiger partial charge in [0.05, 0.1) is 6.04 Å². The number of piperidine rings is 1. The van der Waals surface area contributed by atoms with Crippen molar-refractivity contribution in [3.63, 3.8) is 0 Å². The van der Waals surface area contributed by atoms with Gasteiger partial charge in [0, 0.05) is 29.9 Å². The highest BCUT2D eigenvalue weighted by Gasteiger charge is 2.37. The molecule has 0 aliphatic carbocycles. The second kappa shape index (κ2) is 11.6. The molecule has 0 radical (unpaired) electrons. The Morgan fingerprint density at radius 3 is 1.96 bits per heavy atom. The summed E-state index contributed by atoms with van der Waals surface area (Å²) in [6.45, 7) is 12.7. The van der Waals surface area contributed by atoms with Gasteiger partial charge in [-0.25, -0.2) is 0 Å². The molecule has 0 amide bonds. The highest BCUT2D eigenvalue weighted by Crippen LogP contribution is 2.26. The molecule has 0 aromatic carbocycles. The second-order valence-corrected chi connectivity index (χ2v) is 8.49. The molecule has 1 fully saturated rings. The molecule has 0 atom stereocenters. The summed E-state index contributed by atoms with van der Waals surface area (Å²) in [5, 5.41) is 13.7. The number of carboxylic acids is 1. The van der Waals surface area contributed by atoms with Crippen LogP contribution in [-0.2, 0) is 4.79 Å². The number of carboxylic acid groups (broad SMARTS) is 1. The van der Waals surface area contributed by atoms with Gasteiger partial charge in [-0.15, -0.1) is 6.58 Å². The normalized spacial score (nSPS) is 19.2. The van der Waals surface area contributed by atoms with Crippen LogP contribution in [0.2, 0.25) is 0 Å². The third kappa shape index (κ3) is 13.6. The number of hydrogen-bond donors (Lipinski definition) is 2. The number of hydrogen-bond acceptors (Lipinski definition) is 3. The first-order valence-corrected chi connectivity index (χ1v) is 9.51. The Morgan fingerprint density at radius 1 is 1.08 bits per heavy atom. The van der Waals surface area contributed by atoms with E-state index in [1.807, 2.05) is 6.08 Å². The Morgan fingerprint density at radius 2 is 1.54 bits per heavy atom. The molecule has 1 saturated heterocycles. The first-order chi connectivity index (χ1) is 11.1. The van der Waals surface area contributed by atoms with Crippen molar-refractivity contribution < 1.29 is 15.6 Å². The molecule has 4 N–H and O–H groups in total. The monoisotopic (exact) mass is 340 g/mol. The molecule has 1 rings (SSSR count). The minimum atomic E-state index is -0.924. The molecule has 142 valence electrons. The molecule has 1 aliphatic heterocycles. The van der Waals surface area contributed by atoms with E-state index in [4.69, 9.17) is 0 Å². The van der Waals surface area contributed by atoms with Gasteiger partial charge in [0.15, 0.2) is 0 Å². The summed E-state index contributed by atoms with van der Waals surface area (Å²) >= 11 is 0. The highest BCUT2D eigenvalue weighted by atomic mass is 16.4. The maximum atomic E-state index is 10.1. The summed E-state index contributed by atoms with van der Waals surface area (Å²) < 4.78 is 0. The van der Waals surface area contributed by atoms with E-state index in [1.165, 1.54) is 32.1 Å². The summed E-state index contributed by atoms with van der Waals surface area (Å²) in [6.07, 6.45) is 12.2. The maximum absolute atomic E-state index is 10.1. The van der Waals surface area contributed by atoms with Gasteiger partial charge in [0.2, 0.25) is 0 Å². The Bertz CT molecular complexity index is 349. The second-order valence-electron chi connectivity index (χ2n) is 8.49. The van der Waals surface area contributed by atoms with Crippen molar-refractivity contribution in [2.75, 3.05) is 0 Å². The van der Waals surface area contributed by atoms with E-state index in [0.29, 0.717) is 6.04 Å². The molecule has 1 heterocycles. The summed E-state index contributed by atoms with van der Waals surface area (Å²) in [7, 11) is 0. The molecule has 0 spiro atoms. The van der Waals surface area contributed by atoms with Crippen molar-refractivity contribution >= 4 is 5.97 Å². The summed E-state index contributed by atoms with van der Waals surface area (Å²) in [6, 6.07) is 0.612. The van der Waals surface area contributed by atoms with Gasteiger partial charge in [-0.05, 0) is 53.4 Å². The van der Waals surface area contributed by atoms with Gasteiger partial charge >= 0.3 is 0 Å². The van der Waals surface area contributed by atoms with Crippen molar-refractivity contribution in [2.24, 2.45) is 0 Å². The first kappa shape index (κ1) is 23.1. The van der Waals surface area contributed by atoms with Crippen molar-refractivity contribution in [1.82, 2.24) is 5.32 Å². The molecule has 0 saturated carbocycles. The number of unbranched alkanes of at least 4 members (excludes halogenated alkanes) is 6. The van der Waals surface area contributed by atoms with E-state index in [-0.39, 0.29) is 17.5 Å². The lowest BCUT2D eigenvalue weighted by atomic mass is 9.80. The Kier molecular flexibility index (Phi) is 11.2. The van der Waals surface area contributed by atoms with E-state index < -0.39 is 5.97 Å². The fourth-order valence-electron chi connectivity index (χ4n) is 3.80. The topological polar surface area (TPSA) is 79.8 Å². The lowest BCUT2D eigenvalue weighted by Gasteiger charge is -2.43. The fourth-order valence-corrected chi connectivity index (χ4v) is 3.80. The van der Waals surface area contributed by atoms with Crippen molar-refractivity contribution in [2.45, 2.75) is 109 Å². The van der Waals surface area contributed by atoms with Crippen molar-refractivity contribution in [3.8, 4) is 0 Å². The molecule has 4 heteroatoms. The molecule has 0 aromatic heterocycles. The van der Waals surface area contributed by atoms with Crippen LogP contribution < -0.4 is 16.2 Å². The lowest BCUT2D eigenvalue weighted by molar-refractivity contribution is -0.432. The molecular weight excluding hydrogens is 300 g/mol. The van der Waals surface area contributed by atoms with Gasteiger partial charge in [-0.2, -0.15) is 0 Å². The predicted octanol–water partition coefficient (Wildman–Crippen LogP) is 2.58. The minimum Gasteiger partial charge on any atom is -0.550 e. The van der Waals surface area contributed by atoms with Crippen LogP contribution >= 0.6 is 0 Å². The average molecular weight is 341 g/mol. The van der Waals surface area contributed by atoms with Crippen LogP contribution in [0.5, 0.6) is 0 Å². The molecule has 0 bridgehead atoms. The minimum absolute atomic E-state index is 0.215. The summed E-state index contributed by atoms with van der Waals surface area (Å²) in [5.74, 6) is -0.924. The number of carbonyl (C=O) groups is 1. The zero-order chi connectivity index (χ0) is 18.6. The quantitative estimate of drug-likeness (QED) is 0.500. The lowest BCUT2D eigenvalue weighted by Crippen LogP contribution is -2.72. The summed E-state index contributed by atoms with van der Waals surface area (Å²) in [4.78, 5) is 10.1. The largest absolute Gasteiger partial charge is 0.550 e. The van der Waals surface area contributed by atoms with Crippen LogP contribution in [0.15, 0.2) is 12.7 Å². The molecule has 1 aliphatic rings. The van der Waals surface area contributed by atoms with Gasteiger partial charge in [-0.1, -0.05) is 31.8 Å². The van der Waals surface area contributed by atoms with E-state index in [2.05, 4.69) is 45.3 Å². The van der Waals surface area contributed by atoms with Crippen molar-refractivity contribution in [3.05, 3.63) is 12.7 Å². The van der Waals surface area contributed by atoms with Crippen LogP contribution in [0.3, 0.4) is 0 Å². The number of nitrogens with one attached hydrogen (secondary N) is 1. The summed E-state index contributed by atoms with van der Waals surface area (Å²) in [5.41, 5.74) is 4.69. The number of aliphatic carboxylic acids is 1. The van der Waals surface area contributed by atoms with Crippen LogP contribution in [-0.4, -0.2) is 23.1 Å². The number of carbonyl (C=O) groups excluding carboxylic acids is 1. The predicted molar refractivity (Wildman–Crippen MR) is 99.3 cm³/mol. The van der Waals surface area contributed by atoms with Gasteiger partial charge < -0.3 is 21.0 Å². The molecule has 0 unspecified atom stereocenters. The maximum Gasteiger partial charge on any atom is 0.0878 e. The fraction of sp³-hybridized carbons (Fsp3) is 0.850. The van der Waals surface area contributed by atoms with E-state index in [9.17, 15) is 9.90 Å². The molecule has 0 aromatic rings. The number of allylic oxidation sites excluding steroid dienone is 1. The molecule has 4 nitrogen and oxygen atoms in total. The van der Waals surface area contributed by atoms with Gasteiger partial charge in [-0.3, -0.25) is 0 Å². The Labute approximate surface area is 149 Å². The van der Waals surface area contributed by atoms with Gasteiger partial charge in [0.1, 0.15) is 0 Å². The highest BCUT2D eigenvalue weighted by molar-refractivity contribution is 5.63. The smallest absolute Gasteiger partial charge is 0.0878 e. The van der Waals surface area contributed by atoms with Crippen molar-refractivity contribution in [1.29, 1.82) is 0 Å². The van der Waals surface area contributed by atoms with Crippen LogP contribution in [0.4, 0.5) is 0 Å². The van der Waals surface area contributed by atoms with E-state index >= 15 is 0 Å². The van der Waals surface area contributed by atoms with Gasteiger partial charge in [0.25, 0.3) is 0 Å². The Balaban J connectivity index is 0.000000446. The molecule has 24 heavy (non-hydrogen) atoms. The zero-order valence-corrected chi connectivity index (χ0v) is 16.5. The number of rotatable bonds is 9. The number of quaternary nitrogens is 1. The van der Waals surface area contributed by atoms with Crippen LogP contribution in [0, 0.1) is 0 Å². The Hall–Kier alpha value is -0.870. The third-order valence-electron chi connectivity index (χ3n) is 4.31.